The Hall–Kier alpha value is -1.60. The zero-order valence-corrected chi connectivity index (χ0v) is 11.8. The molecule has 0 unspecified atom stereocenters. The van der Waals surface area contributed by atoms with Crippen LogP contribution in [0.4, 0.5) is 5.95 Å². The number of amides is 1. The Labute approximate surface area is 118 Å². The summed E-state index contributed by atoms with van der Waals surface area (Å²) >= 11 is 2.78. The van der Waals surface area contributed by atoms with Gasteiger partial charge in [0.1, 0.15) is 5.75 Å². The summed E-state index contributed by atoms with van der Waals surface area (Å²) < 4.78 is 10.3. The van der Waals surface area contributed by atoms with E-state index in [0.29, 0.717) is 18.1 Å². The minimum atomic E-state index is -0.194. The molecule has 0 saturated carbocycles. The van der Waals surface area contributed by atoms with Crippen LogP contribution in [0.25, 0.3) is 0 Å². The van der Waals surface area contributed by atoms with Gasteiger partial charge in [-0.05, 0) is 41.6 Å². The number of anilines is 1. The number of fused-ring (bicyclic) bond motifs is 1. The van der Waals surface area contributed by atoms with Crippen LogP contribution in [0.2, 0.25) is 0 Å². The standard InChI is InChI=1S/C12H11N3O2S2/c1-18-12-14-11(15-19-12)13-10(16)8-2-3-9-7(6-8)4-5-17-9/h2-3,6H,4-5H2,1H3,(H,13,15,16). The number of rotatable bonds is 3. The molecule has 0 atom stereocenters. The smallest absolute Gasteiger partial charge is 0.258 e. The fourth-order valence-corrected chi connectivity index (χ4v) is 2.81. The van der Waals surface area contributed by atoms with E-state index in [0.717, 1.165) is 22.1 Å². The average molecular weight is 293 g/mol. The van der Waals surface area contributed by atoms with Gasteiger partial charge in [-0.25, -0.2) is 0 Å². The molecular weight excluding hydrogens is 282 g/mol. The van der Waals surface area contributed by atoms with Crippen molar-refractivity contribution in [1.29, 1.82) is 0 Å². The van der Waals surface area contributed by atoms with Crippen molar-refractivity contribution in [3.63, 3.8) is 0 Å². The van der Waals surface area contributed by atoms with Crippen LogP contribution >= 0.6 is 23.3 Å². The second kappa shape index (κ2) is 5.18. The minimum Gasteiger partial charge on any atom is -0.493 e. The summed E-state index contributed by atoms with van der Waals surface area (Å²) in [6.45, 7) is 0.686. The van der Waals surface area contributed by atoms with Crippen molar-refractivity contribution < 1.29 is 9.53 Å². The topological polar surface area (TPSA) is 64.1 Å². The Morgan fingerprint density at radius 1 is 1.53 bits per heavy atom. The highest BCUT2D eigenvalue weighted by Crippen LogP contribution is 2.26. The van der Waals surface area contributed by atoms with Crippen LogP contribution in [-0.2, 0) is 6.42 Å². The molecule has 0 bridgehead atoms. The maximum Gasteiger partial charge on any atom is 0.258 e. The van der Waals surface area contributed by atoms with Crippen LogP contribution < -0.4 is 10.1 Å². The average Bonchev–Trinajstić information content (AvgIpc) is 3.05. The number of benzene rings is 1. The fraction of sp³-hybridized carbons (Fsp3) is 0.250. The fourth-order valence-electron chi connectivity index (χ4n) is 1.84. The normalized spacial score (nSPS) is 12.9. The van der Waals surface area contributed by atoms with Gasteiger partial charge in [-0.3, -0.25) is 10.1 Å². The van der Waals surface area contributed by atoms with Crippen molar-refractivity contribution in [1.82, 2.24) is 9.36 Å². The molecule has 5 nitrogen and oxygen atoms in total. The summed E-state index contributed by atoms with van der Waals surface area (Å²) in [6, 6.07) is 5.44. The molecule has 3 rings (SSSR count). The molecule has 1 amide bonds. The SMILES string of the molecule is CSc1nc(NC(=O)c2ccc3c(c2)CCO3)ns1. The minimum absolute atomic E-state index is 0.194. The molecule has 2 heterocycles. The summed E-state index contributed by atoms with van der Waals surface area (Å²) in [6.07, 6.45) is 2.77. The lowest BCUT2D eigenvalue weighted by molar-refractivity contribution is 0.102. The van der Waals surface area contributed by atoms with Gasteiger partial charge in [0.15, 0.2) is 4.34 Å². The maximum absolute atomic E-state index is 12.1. The largest absolute Gasteiger partial charge is 0.493 e. The summed E-state index contributed by atoms with van der Waals surface area (Å²) in [5.74, 6) is 1.03. The molecule has 1 aromatic carbocycles. The Morgan fingerprint density at radius 2 is 2.42 bits per heavy atom. The Morgan fingerprint density at radius 3 is 3.21 bits per heavy atom. The number of carbonyl (C=O) groups is 1. The first-order valence-corrected chi connectivity index (χ1v) is 7.71. The van der Waals surface area contributed by atoms with E-state index in [1.54, 1.807) is 6.07 Å². The second-order valence-electron chi connectivity index (χ2n) is 3.96. The molecule has 0 saturated heterocycles. The van der Waals surface area contributed by atoms with Crippen molar-refractivity contribution in [2.45, 2.75) is 10.8 Å². The number of ether oxygens (including phenoxy) is 1. The predicted molar refractivity (Wildman–Crippen MR) is 75.3 cm³/mol. The van der Waals surface area contributed by atoms with E-state index in [-0.39, 0.29) is 5.91 Å². The molecule has 1 aromatic heterocycles. The molecule has 1 aliphatic rings. The molecular formula is C12H11N3O2S2. The highest BCUT2D eigenvalue weighted by Gasteiger charge is 2.16. The lowest BCUT2D eigenvalue weighted by atomic mass is 10.1. The van der Waals surface area contributed by atoms with E-state index in [4.69, 9.17) is 4.74 Å². The maximum atomic E-state index is 12.1. The predicted octanol–water partition coefficient (Wildman–Crippen LogP) is 2.45. The lowest BCUT2D eigenvalue weighted by Gasteiger charge is -2.03. The molecule has 98 valence electrons. The van der Waals surface area contributed by atoms with Crippen LogP contribution in [0, 0.1) is 0 Å². The third kappa shape index (κ3) is 2.57. The molecule has 0 aliphatic carbocycles. The highest BCUT2D eigenvalue weighted by atomic mass is 32.2. The summed E-state index contributed by atoms with van der Waals surface area (Å²) in [5, 5.41) is 2.70. The quantitative estimate of drug-likeness (QED) is 0.881. The number of hydrogen-bond donors (Lipinski definition) is 1. The third-order valence-electron chi connectivity index (χ3n) is 2.76. The number of carbonyl (C=O) groups excluding carboxylic acids is 1. The second-order valence-corrected chi connectivity index (χ2v) is 5.77. The van der Waals surface area contributed by atoms with Gasteiger partial charge in [0.2, 0.25) is 5.95 Å². The van der Waals surface area contributed by atoms with Gasteiger partial charge in [-0.2, -0.15) is 9.36 Å². The van der Waals surface area contributed by atoms with Gasteiger partial charge in [-0.15, -0.1) is 0 Å². The number of thioether (sulfide) groups is 1. The van der Waals surface area contributed by atoms with Gasteiger partial charge in [0.05, 0.1) is 6.61 Å². The number of hydrogen-bond acceptors (Lipinski definition) is 6. The zero-order valence-electron chi connectivity index (χ0n) is 10.2. The van der Waals surface area contributed by atoms with Gasteiger partial charge >= 0.3 is 0 Å². The number of aromatic nitrogens is 2. The van der Waals surface area contributed by atoms with Gasteiger partial charge < -0.3 is 4.74 Å². The van der Waals surface area contributed by atoms with Crippen molar-refractivity contribution >= 4 is 35.1 Å². The molecule has 0 spiro atoms. The number of nitrogens with one attached hydrogen (secondary N) is 1. The van der Waals surface area contributed by atoms with E-state index in [9.17, 15) is 4.79 Å². The van der Waals surface area contributed by atoms with Crippen molar-refractivity contribution in [2.24, 2.45) is 0 Å². The Bertz CT molecular complexity index is 627. The number of nitrogens with zero attached hydrogens (tertiary/aromatic N) is 2. The summed E-state index contributed by atoms with van der Waals surface area (Å²) in [4.78, 5) is 16.3. The van der Waals surface area contributed by atoms with E-state index in [1.807, 2.05) is 18.4 Å². The first-order valence-electron chi connectivity index (χ1n) is 5.71. The van der Waals surface area contributed by atoms with Crippen molar-refractivity contribution in [2.75, 3.05) is 18.2 Å². The van der Waals surface area contributed by atoms with E-state index < -0.39 is 0 Å². The molecule has 0 radical (unpaired) electrons. The first kappa shape index (κ1) is 12.4. The van der Waals surface area contributed by atoms with Crippen LogP contribution in [0.5, 0.6) is 5.75 Å². The highest BCUT2D eigenvalue weighted by molar-refractivity contribution is 8.00. The molecule has 0 fully saturated rings. The van der Waals surface area contributed by atoms with Crippen LogP contribution in [0.1, 0.15) is 15.9 Å². The van der Waals surface area contributed by atoms with Crippen molar-refractivity contribution in [3.8, 4) is 5.75 Å². The van der Waals surface area contributed by atoms with Crippen LogP contribution in [-0.4, -0.2) is 28.1 Å². The van der Waals surface area contributed by atoms with Gasteiger partial charge in [0.25, 0.3) is 5.91 Å². The van der Waals surface area contributed by atoms with Gasteiger partial charge in [0, 0.05) is 12.0 Å². The van der Waals surface area contributed by atoms with Crippen molar-refractivity contribution in [3.05, 3.63) is 29.3 Å². The summed E-state index contributed by atoms with van der Waals surface area (Å²) in [7, 11) is 0. The molecule has 2 aromatic rings. The van der Waals surface area contributed by atoms with E-state index in [1.165, 1.54) is 23.3 Å². The third-order valence-corrected chi connectivity index (χ3v) is 4.43. The van der Waals surface area contributed by atoms with Crippen LogP contribution in [0.3, 0.4) is 0 Å². The van der Waals surface area contributed by atoms with Crippen LogP contribution in [0.15, 0.2) is 22.5 Å². The van der Waals surface area contributed by atoms with E-state index >= 15 is 0 Å². The summed E-state index contributed by atoms with van der Waals surface area (Å²) in [5.41, 5.74) is 1.67. The molecule has 1 aliphatic heterocycles. The first-order chi connectivity index (χ1) is 9.26. The zero-order chi connectivity index (χ0) is 13.2. The monoisotopic (exact) mass is 293 g/mol. The molecule has 7 heteroatoms. The molecule has 1 N–H and O–H groups in total. The Kier molecular flexibility index (Phi) is 3.39. The Balaban J connectivity index is 1.76. The lowest BCUT2D eigenvalue weighted by Crippen LogP contribution is -2.13. The molecule has 19 heavy (non-hydrogen) atoms. The van der Waals surface area contributed by atoms with Gasteiger partial charge in [-0.1, -0.05) is 11.8 Å². The van der Waals surface area contributed by atoms with E-state index in [2.05, 4.69) is 14.7 Å².